The fourth-order valence-corrected chi connectivity index (χ4v) is 2.14. The van der Waals surface area contributed by atoms with Crippen molar-refractivity contribution in [2.45, 2.75) is 39.7 Å². The molecule has 2 amide bonds. The molecule has 0 aliphatic heterocycles. The second-order valence-electron chi connectivity index (χ2n) is 6.24. The van der Waals surface area contributed by atoms with E-state index in [-0.39, 0.29) is 30.1 Å². The van der Waals surface area contributed by atoms with Gasteiger partial charge in [0.25, 0.3) is 5.69 Å². The topological polar surface area (TPSA) is 92.6 Å². The lowest BCUT2D eigenvalue weighted by atomic mass is 10.1. The highest BCUT2D eigenvalue weighted by molar-refractivity contribution is 5.84. The number of non-ortho nitro benzene ring substituents is 1. The number of nitrogens with zero attached hydrogens (tertiary/aromatic N) is 2. The highest BCUT2D eigenvalue weighted by Crippen LogP contribution is 2.22. The number of hydrogen-bond donors (Lipinski definition) is 1. The second-order valence-corrected chi connectivity index (χ2v) is 6.24. The van der Waals surface area contributed by atoms with Gasteiger partial charge in [-0.1, -0.05) is 26.0 Å². The van der Waals surface area contributed by atoms with E-state index in [1.54, 1.807) is 26.1 Å². The quantitative estimate of drug-likeness (QED) is 0.584. The molecule has 132 valence electrons. The third kappa shape index (κ3) is 5.98. The molecule has 24 heavy (non-hydrogen) atoms. The van der Waals surface area contributed by atoms with Crippen LogP contribution in [0.15, 0.2) is 24.3 Å². The third-order valence-electron chi connectivity index (χ3n) is 3.92. The van der Waals surface area contributed by atoms with Gasteiger partial charge in [0.1, 0.15) is 0 Å². The maximum atomic E-state index is 12.2. The molecule has 0 fully saturated rings. The summed E-state index contributed by atoms with van der Waals surface area (Å²) in [6, 6.07) is 5.87. The summed E-state index contributed by atoms with van der Waals surface area (Å²) in [6.07, 6.45) is 1.18. The number of carbonyl (C=O) groups excluding carboxylic acids is 2. The Morgan fingerprint density at radius 3 is 2.54 bits per heavy atom. The molecule has 0 unspecified atom stereocenters. The van der Waals surface area contributed by atoms with Crippen LogP contribution < -0.4 is 5.32 Å². The molecule has 0 spiro atoms. The van der Waals surface area contributed by atoms with Gasteiger partial charge in [0, 0.05) is 25.6 Å². The molecule has 7 nitrogen and oxygen atoms in total. The maximum Gasteiger partial charge on any atom is 0.269 e. The van der Waals surface area contributed by atoms with E-state index in [2.05, 4.69) is 5.32 Å². The second kappa shape index (κ2) is 9.00. The normalized spacial score (nSPS) is 11.9. The SMILES string of the molecule is CC(C)CCC(=O)NCC(=O)N(C)[C@H](C)c1cccc([N+](=O)[O-])c1. The van der Waals surface area contributed by atoms with Crippen LogP contribution in [0.5, 0.6) is 0 Å². The van der Waals surface area contributed by atoms with Gasteiger partial charge < -0.3 is 10.2 Å². The average molecular weight is 335 g/mol. The third-order valence-corrected chi connectivity index (χ3v) is 3.92. The first kappa shape index (κ1) is 19.6. The summed E-state index contributed by atoms with van der Waals surface area (Å²) in [5, 5.41) is 13.5. The number of likely N-dealkylation sites (N-methyl/N-ethyl adjacent to an activating group) is 1. The molecule has 1 atom stereocenters. The number of nitro benzene ring substituents is 1. The fraction of sp³-hybridized carbons (Fsp3) is 0.529. The van der Waals surface area contributed by atoms with Gasteiger partial charge in [0.15, 0.2) is 0 Å². The minimum Gasteiger partial charge on any atom is -0.347 e. The van der Waals surface area contributed by atoms with Gasteiger partial charge in [-0.3, -0.25) is 19.7 Å². The number of nitro groups is 1. The molecular weight excluding hydrogens is 310 g/mol. The molecule has 0 bridgehead atoms. The molecule has 0 aromatic heterocycles. The Kier molecular flexibility index (Phi) is 7.35. The zero-order valence-corrected chi connectivity index (χ0v) is 14.6. The Balaban J connectivity index is 2.60. The summed E-state index contributed by atoms with van der Waals surface area (Å²) in [5.74, 6) is 0.0448. The molecule has 0 heterocycles. The van der Waals surface area contributed by atoms with E-state index in [0.717, 1.165) is 6.42 Å². The Hall–Kier alpha value is -2.44. The predicted molar refractivity (Wildman–Crippen MR) is 91.4 cm³/mol. The first-order valence-electron chi connectivity index (χ1n) is 7.99. The van der Waals surface area contributed by atoms with Crippen molar-refractivity contribution in [1.29, 1.82) is 0 Å². The molecule has 0 aliphatic rings. The Labute approximate surface area is 142 Å². The van der Waals surface area contributed by atoms with E-state index in [0.29, 0.717) is 17.9 Å². The van der Waals surface area contributed by atoms with Gasteiger partial charge in [-0.25, -0.2) is 0 Å². The van der Waals surface area contributed by atoms with Crippen LogP contribution in [0.25, 0.3) is 0 Å². The molecule has 1 aromatic rings. The number of amides is 2. The lowest BCUT2D eigenvalue weighted by Gasteiger charge is -2.25. The lowest BCUT2D eigenvalue weighted by Crippen LogP contribution is -2.39. The fourth-order valence-electron chi connectivity index (χ4n) is 2.14. The van der Waals surface area contributed by atoms with E-state index < -0.39 is 4.92 Å². The van der Waals surface area contributed by atoms with Crippen LogP contribution in [-0.4, -0.2) is 35.2 Å². The molecule has 1 aromatic carbocycles. The standard InChI is InChI=1S/C17H25N3O4/c1-12(2)8-9-16(21)18-11-17(22)19(4)13(3)14-6-5-7-15(10-14)20(23)24/h5-7,10,12-13H,8-9,11H2,1-4H3,(H,18,21)/t13-/m1/s1. The summed E-state index contributed by atoms with van der Waals surface area (Å²) in [5.41, 5.74) is 0.661. The predicted octanol–water partition coefficient (Wildman–Crippen LogP) is 2.67. The molecular formula is C17H25N3O4. The summed E-state index contributed by atoms with van der Waals surface area (Å²) >= 11 is 0. The largest absolute Gasteiger partial charge is 0.347 e. The van der Waals surface area contributed by atoms with Crippen molar-refractivity contribution in [3.05, 3.63) is 39.9 Å². The van der Waals surface area contributed by atoms with Gasteiger partial charge in [0.2, 0.25) is 11.8 Å². The summed E-state index contributed by atoms with van der Waals surface area (Å²) in [4.78, 5) is 35.7. The number of rotatable bonds is 8. The van der Waals surface area contributed by atoms with Crippen molar-refractivity contribution >= 4 is 17.5 Å². The van der Waals surface area contributed by atoms with Crippen molar-refractivity contribution in [3.8, 4) is 0 Å². The van der Waals surface area contributed by atoms with Gasteiger partial charge >= 0.3 is 0 Å². The molecule has 0 radical (unpaired) electrons. The van der Waals surface area contributed by atoms with Crippen LogP contribution in [0.2, 0.25) is 0 Å². The monoisotopic (exact) mass is 335 g/mol. The highest BCUT2D eigenvalue weighted by Gasteiger charge is 2.19. The molecule has 7 heteroatoms. The van der Waals surface area contributed by atoms with Gasteiger partial charge in [-0.05, 0) is 24.8 Å². The lowest BCUT2D eigenvalue weighted by molar-refractivity contribution is -0.384. The first-order chi connectivity index (χ1) is 11.2. The summed E-state index contributed by atoms with van der Waals surface area (Å²) in [6.45, 7) is 5.78. The van der Waals surface area contributed by atoms with Crippen molar-refractivity contribution in [2.75, 3.05) is 13.6 Å². The zero-order valence-electron chi connectivity index (χ0n) is 14.6. The van der Waals surface area contributed by atoms with Crippen LogP contribution >= 0.6 is 0 Å². The van der Waals surface area contributed by atoms with Crippen LogP contribution in [-0.2, 0) is 9.59 Å². The molecule has 0 saturated heterocycles. The molecule has 1 rings (SSSR count). The van der Waals surface area contributed by atoms with E-state index in [9.17, 15) is 19.7 Å². The van der Waals surface area contributed by atoms with Crippen molar-refractivity contribution in [2.24, 2.45) is 5.92 Å². The average Bonchev–Trinajstić information content (AvgIpc) is 2.56. The minimum atomic E-state index is -0.465. The number of nitrogens with one attached hydrogen (secondary N) is 1. The zero-order chi connectivity index (χ0) is 18.3. The van der Waals surface area contributed by atoms with E-state index in [1.165, 1.54) is 17.0 Å². The van der Waals surface area contributed by atoms with E-state index >= 15 is 0 Å². The van der Waals surface area contributed by atoms with Crippen molar-refractivity contribution in [1.82, 2.24) is 10.2 Å². The molecule has 1 N–H and O–H groups in total. The van der Waals surface area contributed by atoms with Gasteiger partial charge in [0.05, 0.1) is 17.5 Å². The number of hydrogen-bond acceptors (Lipinski definition) is 4. The Bertz CT molecular complexity index is 601. The van der Waals surface area contributed by atoms with Gasteiger partial charge in [-0.15, -0.1) is 0 Å². The Morgan fingerprint density at radius 1 is 1.29 bits per heavy atom. The van der Waals surface area contributed by atoms with Crippen LogP contribution in [0.4, 0.5) is 5.69 Å². The highest BCUT2D eigenvalue weighted by atomic mass is 16.6. The number of benzene rings is 1. The summed E-state index contributed by atoms with van der Waals surface area (Å²) < 4.78 is 0. The van der Waals surface area contributed by atoms with Crippen molar-refractivity contribution in [3.63, 3.8) is 0 Å². The van der Waals surface area contributed by atoms with Crippen LogP contribution in [0.3, 0.4) is 0 Å². The van der Waals surface area contributed by atoms with Gasteiger partial charge in [-0.2, -0.15) is 0 Å². The van der Waals surface area contributed by atoms with Crippen LogP contribution in [0.1, 0.15) is 45.2 Å². The Morgan fingerprint density at radius 2 is 1.96 bits per heavy atom. The van der Waals surface area contributed by atoms with E-state index in [1.807, 2.05) is 13.8 Å². The van der Waals surface area contributed by atoms with Crippen molar-refractivity contribution < 1.29 is 14.5 Å². The first-order valence-corrected chi connectivity index (χ1v) is 7.99. The molecule has 0 aliphatic carbocycles. The smallest absolute Gasteiger partial charge is 0.269 e. The summed E-state index contributed by atoms with van der Waals surface area (Å²) in [7, 11) is 1.62. The van der Waals surface area contributed by atoms with Crippen LogP contribution in [0, 0.1) is 16.0 Å². The number of carbonyl (C=O) groups is 2. The minimum absolute atomic E-state index is 0.0119. The maximum absolute atomic E-state index is 12.2. The van der Waals surface area contributed by atoms with E-state index in [4.69, 9.17) is 0 Å². The molecule has 0 saturated carbocycles.